The van der Waals surface area contributed by atoms with Crippen LogP contribution >= 0.6 is 0 Å². The second kappa shape index (κ2) is 8.55. The fraction of sp³-hybridized carbons (Fsp3) is 0.182. The zero-order chi connectivity index (χ0) is 20.2. The first-order valence-electron chi connectivity index (χ1n) is 9.44. The summed E-state index contributed by atoms with van der Waals surface area (Å²) in [5.41, 5.74) is 8.58. The van der Waals surface area contributed by atoms with Crippen molar-refractivity contribution in [3.05, 3.63) is 78.5 Å². The molecule has 3 aromatic rings. The molecule has 1 aliphatic heterocycles. The molecular weight excluding hydrogens is 384 g/mol. The molecule has 1 aliphatic rings. The monoisotopic (exact) mass is 406 g/mol. The molecule has 0 saturated carbocycles. The summed E-state index contributed by atoms with van der Waals surface area (Å²) in [6.07, 6.45) is 2.52. The van der Waals surface area contributed by atoms with Crippen LogP contribution in [0.4, 0.5) is 17.1 Å². The van der Waals surface area contributed by atoms with Crippen LogP contribution in [-0.4, -0.2) is 33.8 Å². The van der Waals surface area contributed by atoms with Gasteiger partial charge in [-0.1, -0.05) is 18.2 Å². The second-order valence-corrected chi connectivity index (χ2v) is 8.59. The molecule has 0 radical (unpaired) electrons. The van der Waals surface area contributed by atoms with Crippen LogP contribution in [-0.2, 0) is 11.2 Å². The summed E-state index contributed by atoms with van der Waals surface area (Å²) in [6, 6.07) is 20.1. The minimum Gasteiger partial charge on any atom is -0.610 e. The molecule has 148 valence electrons. The van der Waals surface area contributed by atoms with Crippen molar-refractivity contribution < 1.29 is 9.35 Å². The van der Waals surface area contributed by atoms with Crippen LogP contribution in [0.3, 0.4) is 0 Å². The molecule has 1 aromatic heterocycles. The van der Waals surface area contributed by atoms with E-state index in [-0.39, 0.29) is 11.2 Å². The van der Waals surface area contributed by atoms with Gasteiger partial charge in [-0.05, 0) is 42.5 Å². The van der Waals surface area contributed by atoms with Gasteiger partial charge < -0.3 is 20.5 Å². The number of carbonyl (C=O) groups is 1. The van der Waals surface area contributed by atoms with E-state index < -0.39 is 11.2 Å². The van der Waals surface area contributed by atoms with Gasteiger partial charge in [-0.3, -0.25) is 4.79 Å². The number of anilines is 3. The van der Waals surface area contributed by atoms with Gasteiger partial charge in [0.2, 0.25) is 5.03 Å². The number of nitrogen functional groups attached to an aromatic ring is 1. The highest BCUT2D eigenvalue weighted by molar-refractivity contribution is 7.92. The number of aromatic nitrogens is 1. The highest BCUT2D eigenvalue weighted by atomic mass is 32.2. The summed E-state index contributed by atoms with van der Waals surface area (Å²) in [5, 5.41) is 3.51. The molecular formula is C22H22N4O2S. The number of carbonyl (C=O) groups excluding carboxylic acids is 1. The first kappa shape index (κ1) is 19.3. The van der Waals surface area contributed by atoms with Gasteiger partial charge in [0.15, 0.2) is 0 Å². The number of para-hydroxylation sites is 2. The molecule has 2 atom stereocenters. The first-order chi connectivity index (χ1) is 14.1. The van der Waals surface area contributed by atoms with E-state index in [9.17, 15) is 9.35 Å². The predicted octanol–water partition coefficient (Wildman–Crippen LogP) is 3.30. The summed E-state index contributed by atoms with van der Waals surface area (Å²) >= 11 is -1.12. The van der Waals surface area contributed by atoms with Crippen molar-refractivity contribution in [3.8, 4) is 0 Å². The molecule has 1 saturated heterocycles. The minimum atomic E-state index is -1.12. The molecule has 0 aliphatic carbocycles. The summed E-state index contributed by atoms with van der Waals surface area (Å²) in [6.45, 7) is 1.53. The number of hydrogen-bond acceptors (Lipinski definition) is 5. The van der Waals surface area contributed by atoms with E-state index in [1.54, 1.807) is 30.5 Å². The third-order valence-electron chi connectivity index (χ3n) is 5.00. The van der Waals surface area contributed by atoms with Crippen LogP contribution in [0.25, 0.3) is 0 Å². The molecule has 6 nitrogen and oxygen atoms in total. The molecule has 1 unspecified atom stereocenters. The van der Waals surface area contributed by atoms with Crippen molar-refractivity contribution in [2.24, 2.45) is 0 Å². The van der Waals surface area contributed by atoms with Crippen LogP contribution in [0.5, 0.6) is 0 Å². The van der Waals surface area contributed by atoms with Gasteiger partial charge in [0.1, 0.15) is 5.25 Å². The van der Waals surface area contributed by atoms with Crippen molar-refractivity contribution in [2.45, 2.75) is 16.7 Å². The Labute approximate surface area is 172 Å². The maximum absolute atomic E-state index is 12.7. The van der Waals surface area contributed by atoms with E-state index in [2.05, 4.69) is 15.2 Å². The fourth-order valence-electron chi connectivity index (χ4n) is 3.40. The number of amides is 1. The van der Waals surface area contributed by atoms with Crippen molar-refractivity contribution in [1.82, 2.24) is 4.98 Å². The zero-order valence-electron chi connectivity index (χ0n) is 15.8. The van der Waals surface area contributed by atoms with Crippen molar-refractivity contribution >= 4 is 34.1 Å². The number of pyridine rings is 1. The lowest BCUT2D eigenvalue weighted by Gasteiger charge is -2.20. The van der Waals surface area contributed by atoms with Gasteiger partial charge in [0.05, 0.1) is 17.9 Å². The lowest BCUT2D eigenvalue weighted by Crippen LogP contribution is -2.27. The average Bonchev–Trinajstić information content (AvgIpc) is 3.26. The molecule has 2 aromatic carbocycles. The minimum absolute atomic E-state index is 0.0499. The van der Waals surface area contributed by atoms with E-state index in [0.717, 1.165) is 18.7 Å². The molecule has 0 spiro atoms. The number of hydrogen-bond donors (Lipinski definition) is 2. The van der Waals surface area contributed by atoms with E-state index in [1.165, 1.54) is 0 Å². The zero-order valence-corrected chi connectivity index (χ0v) is 16.6. The summed E-state index contributed by atoms with van der Waals surface area (Å²) in [4.78, 5) is 18.9. The lowest BCUT2D eigenvalue weighted by molar-refractivity contribution is 0.102. The lowest BCUT2D eigenvalue weighted by atomic mass is 10.1. The van der Waals surface area contributed by atoms with Crippen LogP contribution < -0.4 is 16.0 Å². The maximum Gasteiger partial charge on any atom is 0.255 e. The quantitative estimate of drug-likeness (QED) is 0.501. The summed E-state index contributed by atoms with van der Waals surface area (Å²) in [7, 11) is 0. The first-order valence-corrected chi connectivity index (χ1v) is 10.7. The second-order valence-electron chi connectivity index (χ2n) is 6.91. The fourth-order valence-corrected chi connectivity index (χ4v) is 4.76. The SMILES string of the molecule is Nc1ccccc1NC(=O)c1ccc(N2CCC([S@+]([O-])c3ccccn3)C2)cc1. The topological polar surface area (TPSA) is 94.3 Å². The van der Waals surface area contributed by atoms with E-state index in [1.807, 2.05) is 42.5 Å². The number of nitrogens with two attached hydrogens (primary N) is 1. The smallest absolute Gasteiger partial charge is 0.255 e. The largest absolute Gasteiger partial charge is 0.610 e. The number of rotatable bonds is 5. The van der Waals surface area contributed by atoms with Crippen LogP contribution in [0.1, 0.15) is 16.8 Å². The van der Waals surface area contributed by atoms with Gasteiger partial charge in [0.25, 0.3) is 5.91 Å². The van der Waals surface area contributed by atoms with Gasteiger partial charge in [-0.25, -0.2) is 4.98 Å². The van der Waals surface area contributed by atoms with Gasteiger partial charge in [-0.15, -0.1) is 0 Å². The molecule has 0 bridgehead atoms. The van der Waals surface area contributed by atoms with Crippen LogP contribution in [0.2, 0.25) is 0 Å². The van der Waals surface area contributed by atoms with E-state index in [4.69, 9.17) is 5.73 Å². The van der Waals surface area contributed by atoms with Gasteiger partial charge >= 0.3 is 0 Å². The highest BCUT2D eigenvalue weighted by Gasteiger charge is 2.33. The number of benzene rings is 2. The van der Waals surface area contributed by atoms with Crippen LogP contribution in [0, 0.1) is 0 Å². The Morgan fingerprint density at radius 1 is 1.10 bits per heavy atom. The molecule has 29 heavy (non-hydrogen) atoms. The maximum atomic E-state index is 12.7. The Morgan fingerprint density at radius 3 is 2.59 bits per heavy atom. The number of nitrogens with one attached hydrogen (secondary N) is 1. The Kier molecular flexibility index (Phi) is 5.69. The Bertz CT molecular complexity index is 982. The third kappa shape index (κ3) is 4.36. The molecule has 4 rings (SSSR count). The van der Waals surface area contributed by atoms with E-state index >= 15 is 0 Å². The molecule has 1 fully saturated rings. The van der Waals surface area contributed by atoms with Crippen molar-refractivity contribution in [3.63, 3.8) is 0 Å². The summed E-state index contributed by atoms with van der Waals surface area (Å²) < 4.78 is 12.7. The standard InChI is InChI=1S/C22H22N4O2S/c23-19-5-1-2-6-20(19)25-22(27)16-8-10-17(11-9-16)26-14-12-18(15-26)29(28)21-7-3-4-13-24-21/h1-11,13,18H,12,14-15,23H2,(H,25,27)/t18?,29-/m0/s1. The van der Waals surface area contributed by atoms with Crippen molar-refractivity contribution in [2.75, 3.05) is 29.0 Å². The Balaban J connectivity index is 1.39. The molecule has 2 heterocycles. The third-order valence-corrected chi connectivity index (χ3v) is 6.64. The van der Waals surface area contributed by atoms with Gasteiger partial charge in [-0.2, -0.15) is 0 Å². The van der Waals surface area contributed by atoms with Gasteiger partial charge in [0, 0.05) is 47.7 Å². The normalized spacial score (nSPS) is 17.1. The molecule has 3 N–H and O–H groups in total. The highest BCUT2D eigenvalue weighted by Crippen LogP contribution is 2.27. The number of nitrogens with zero attached hydrogens (tertiary/aromatic N) is 2. The predicted molar refractivity (Wildman–Crippen MR) is 117 cm³/mol. The van der Waals surface area contributed by atoms with Crippen LogP contribution in [0.15, 0.2) is 78.0 Å². The average molecular weight is 407 g/mol. The van der Waals surface area contributed by atoms with E-state index in [0.29, 0.717) is 28.5 Å². The molecule has 7 heteroatoms. The Hall–Kier alpha value is -3.03. The van der Waals surface area contributed by atoms with Crippen molar-refractivity contribution in [1.29, 1.82) is 0 Å². The molecule has 1 amide bonds. The summed E-state index contributed by atoms with van der Waals surface area (Å²) in [5.74, 6) is -0.204. The Morgan fingerprint density at radius 2 is 1.86 bits per heavy atom.